The van der Waals surface area contributed by atoms with Crippen LogP contribution in [0.4, 0.5) is 0 Å². The minimum Gasteiger partial charge on any atom is -0.409 e. The number of rotatable bonds is 2. The molecule has 1 amide bonds. The molecule has 1 unspecified atom stereocenters. The molecular weight excluding hydrogens is 232 g/mol. The first-order valence-electron chi connectivity index (χ1n) is 5.92. The van der Waals surface area contributed by atoms with Crippen LogP contribution in [0.15, 0.2) is 29.7 Å². The zero-order valence-electron chi connectivity index (χ0n) is 9.99. The Morgan fingerprint density at radius 3 is 2.83 bits per heavy atom. The van der Waals surface area contributed by atoms with Crippen LogP contribution in [0.25, 0.3) is 0 Å². The number of amides is 1. The van der Waals surface area contributed by atoms with Gasteiger partial charge in [-0.1, -0.05) is 5.16 Å². The molecule has 96 valence electrons. The van der Waals surface area contributed by atoms with Crippen molar-refractivity contribution in [1.82, 2.24) is 9.88 Å². The SMILES string of the molecule is NC(=NO)C1CCCCN1C(=O)c1ccncc1. The summed E-state index contributed by atoms with van der Waals surface area (Å²) >= 11 is 0. The summed E-state index contributed by atoms with van der Waals surface area (Å²) in [5.74, 6) is -0.00851. The molecule has 6 nitrogen and oxygen atoms in total. The lowest BCUT2D eigenvalue weighted by molar-refractivity contribution is 0.0676. The van der Waals surface area contributed by atoms with Crippen molar-refractivity contribution in [3.63, 3.8) is 0 Å². The predicted molar refractivity (Wildman–Crippen MR) is 66.3 cm³/mol. The summed E-state index contributed by atoms with van der Waals surface area (Å²) in [6.45, 7) is 0.627. The number of nitrogens with two attached hydrogens (primary N) is 1. The molecule has 2 heterocycles. The van der Waals surface area contributed by atoms with E-state index in [9.17, 15) is 4.79 Å². The maximum absolute atomic E-state index is 12.3. The van der Waals surface area contributed by atoms with Gasteiger partial charge in [-0.15, -0.1) is 0 Å². The number of oxime groups is 1. The summed E-state index contributed by atoms with van der Waals surface area (Å²) in [6.07, 6.45) is 5.80. The summed E-state index contributed by atoms with van der Waals surface area (Å²) in [6, 6.07) is 3.02. The van der Waals surface area contributed by atoms with E-state index < -0.39 is 0 Å². The van der Waals surface area contributed by atoms with E-state index in [0.29, 0.717) is 12.1 Å². The van der Waals surface area contributed by atoms with Gasteiger partial charge in [0.15, 0.2) is 5.84 Å². The second-order valence-electron chi connectivity index (χ2n) is 4.27. The summed E-state index contributed by atoms with van der Waals surface area (Å²) < 4.78 is 0. The van der Waals surface area contributed by atoms with Crippen molar-refractivity contribution >= 4 is 11.7 Å². The van der Waals surface area contributed by atoms with Crippen LogP contribution in [0, 0.1) is 0 Å². The molecule has 0 bridgehead atoms. The summed E-state index contributed by atoms with van der Waals surface area (Å²) in [7, 11) is 0. The van der Waals surface area contributed by atoms with Gasteiger partial charge in [0.1, 0.15) is 0 Å². The van der Waals surface area contributed by atoms with E-state index in [1.54, 1.807) is 29.4 Å². The number of nitrogens with zero attached hydrogens (tertiary/aromatic N) is 3. The lowest BCUT2D eigenvalue weighted by Crippen LogP contribution is -2.50. The van der Waals surface area contributed by atoms with Gasteiger partial charge < -0.3 is 15.8 Å². The number of amidine groups is 1. The van der Waals surface area contributed by atoms with E-state index in [-0.39, 0.29) is 17.8 Å². The fourth-order valence-electron chi connectivity index (χ4n) is 2.21. The Balaban J connectivity index is 2.22. The molecule has 1 aliphatic heterocycles. The highest BCUT2D eigenvalue weighted by Crippen LogP contribution is 2.19. The van der Waals surface area contributed by atoms with Gasteiger partial charge in [-0.2, -0.15) is 0 Å². The Hall–Kier alpha value is -2.11. The average Bonchev–Trinajstić information content (AvgIpc) is 2.46. The highest BCUT2D eigenvalue weighted by molar-refractivity contribution is 5.98. The highest BCUT2D eigenvalue weighted by Gasteiger charge is 2.30. The maximum Gasteiger partial charge on any atom is 0.254 e. The fourth-order valence-corrected chi connectivity index (χ4v) is 2.21. The molecule has 0 aromatic carbocycles. The van der Waals surface area contributed by atoms with Crippen LogP contribution in [0.2, 0.25) is 0 Å². The zero-order chi connectivity index (χ0) is 13.0. The van der Waals surface area contributed by atoms with Gasteiger partial charge in [-0.3, -0.25) is 9.78 Å². The monoisotopic (exact) mass is 248 g/mol. The van der Waals surface area contributed by atoms with Crippen LogP contribution >= 0.6 is 0 Å². The molecule has 18 heavy (non-hydrogen) atoms. The van der Waals surface area contributed by atoms with Crippen molar-refractivity contribution in [3.05, 3.63) is 30.1 Å². The number of hydrogen-bond acceptors (Lipinski definition) is 4. The van der Waals surface area contributed by atoms with Crippen molar-refractivity contribution in [2.45, 2.75) is 25.3 Å². The number of pyridine rings is 1. The van der Waals surface area contributed by atoms with Crippen molar-refractivity contribution in [2.24, 2.45) is 10.9 Å². The molecular formula is C12H16N4O2. The molecule has 1 atom stereocenters. The topological polar surface area (TPSA) is 91.8 Å². The van der Waals surface area contributed by atoms with Crippen molar-refractivity contribution < 1.29 is 10.0 Å². The first-order chi connectivity index (χ1) is 8.74. The minimum absolute atomic E-state index is 0.0945. The number of aromatic nitrogens is 1. The Bertz CT molecular complexity index is 447. The summed E-state index contributed by atoms with van der Waals surface area (Å²) in [5.41, 5.74) is 6.22. The molecule has 0 spiro atoms. The summed E-state index contributed by atoms with van der Waals surface area (Å²) in [5, 5.41) is 11.8. The third kappa shape index (κ3) is 2.42. The van der Waals surface area contributed by atoms with Gasteiger partial charge in [0.2, 0.25) is 0 Å². The quantitative estimate of drug-likeness (QED) is 0.351. The van der Waals surface area contributed by atoms with Gasteiger partial charge in [0.05, 0.1) is 6.04 Å². The van der Waals surface area contributed by atoms with Gasteiger partial charge >= 0.3 is 0 Å². The van der Waals surface area contributed by atoms with Crippen LogP contribution in [0.1, 0.15) is 29.6 Å². The third-order valence-electron chi connectivity index (χ3n) is 3.15. The second kappa shape index (κ2) is 5.48. The van der Waals surface area contributed by atoms with Gasteiger partial charge in [0, 0.05) is 24.5 Å². The first-order valence-corrected chi connectivity index (χ1v) is 5.92. The number of hydrogen-bond donors (Lipinski definition) is 2. The molecule has 0 aliphatic carbocycles. The number of likely N-dealkylation sites (tertiary alicyclic amines) is 1. The van der Waals surface area contributed by atoms with E-state index in [0.717, 1.165) is 19.3 Å². The largest absolute Gasteiger partial charge is 0.409 e. The van der Waals surface area contributed by atoms with Crippen LogP contribution < -0.4 is 5.73 Å². The highest BCUT2D eigenvalue weighted by atomic mass is 16.4. The fraction of sp³-hybridized carbons (Fsp3) is 0.417. The molecule has 1 aromatic rings. The van der Waals surface area contributed by atoms with Crippen molar-refractivity contribution in [1.29, 1.82) is 0 Å². The maximum atomic E-state index is 12.3. The van der Waals surface area contributed by atoms with E-state index in [1.165, 1.54) is 0 Å². The lowest BCUT2D eigenvalue weighted by Gasteiger charge is -2.34. The number of piperidine rings is 1. The molecule has 0 saturated carbocycles. The lowest BCUT2D eigenvalue weighted by atomic mass is 10.00. The van der Waals surface area contributed by atoms with Crippen LogP contribution in [-0.2, 0) is 0 Å². The normalized spacial score (nSPS) is 20.8. The molecule has 2 rings (SSSR count). The number of carbonyl (C=O) groups is 1. The molecule has 1 saturated heterocycles. The zero-order valence-corrected chi connectivity index (χ0v) is 9.99. The second-order valence-corrected chi connectivity index (χ2v) is 4.27. The van der Waals surface area contributed by atoms with E-state index in [2.05, 4.69) is 10.1 Å². The summed E-state index contributed by atoms with van der Waals surface area (Å²) in [4.78, 5) is 17.9. The molecule has 1 aliphatic rings. The van der Waals surface area contributed by atoms with Gasteiger partial charge in [0.25, 0.3) is 5.91 Å². The molecule has 1 aromatic heterocycles. The minimum atomic E-state index is -0.315. The third-order valence-corrected chi connectivity index (χ3v) is 3.15. The van der Waals surface area contributed by atoms with Gasteiger partial charge in [-0.25, -0.2) is 0 Å². The van der Waals surface area contributed by atoms with Crippen LogP contribution in [0.3, 0.4) is 0 Å². The number of carbonyl (C=O) groups excluding carboxylic acids is 1. The Kier molecular flexibility index (Phi) is 3.76. The Morgan fingerprint density at radius 1 is 1.44 bits per heavy atom. The Labute approximate surface area is 105 Å². The van der Waals surface area contributed by atoms with Crippen LogP contribution in [0.5, 0.6) is 0 Å². The van der Waals surface area contributed by atoms with Crippen molar-refractivity contribution in [2.75, 3.05) is 6.54 Å². The molecule has 0 radical (unpaired) electrons. The average molecular weight is 248 g/mol. The van der Waals surface area contributed by atoms with Crippen LogP contribution in [-0.4, -0.2) is 39.4 Å². The first kappa shape index (κ1) is 12.3. The predicted octanol–water partition coefficient (Wildman–Crippen LogP) is 0.823. The standard InChI is InChI=1S/C12H16N4O2/c13-11(15-18)10-3-1-2-8-16(10)12(17)9-4-6-14-7-5-9/h4-7,10,18H,1-3,8H2,(H2,13,15). The van der Waals surface area contributed by atoms with E-state index in [1.807, 2.05) is 0 Å². The molecule has 3 N–H and O–H groups in total. The van der Waals surface area contributed by atoms with Gasteiger partial charge in [-0.05, 0) is 31.4 Å². The molecule has 6 heteroatoms. The van der Waals surface area contributed by atoms with E-state index in [4.69, 9.17) is 10.9 Å². The van der Waals surface area contributed by atoms with E-state index >= 15 is 0 Å². The Morgan fingerprint density at radius 2 is 2.17 bits per heavy atom. The van der Waals surface area contributed by atoms with Crippen molar-refractivity contribution in [3.8, 4) is 0 Å². The molecule has 1 fully saturated rings. The smallest absolute Gasteiger partial charge is 0.254 e.